The summed E-state index contributed by atoms with van der Waals surface area (Å²) in [7, 11) is 0. The van der Waals surface area contributed by atoms with Gasteiger partial charge in [0.2, 0.25) is 0 Å². The Morgan fingerprint density at radius 3 is 2.50 bits per heavy atom. The maximum absolute atomic E-state index is 16.7. The van der Waals surface area contributed by atoms with Crippen molar-refractivity contribution in [2.45, 2.75) is 43.8 Å². The molecule has 5 fully saturated rings. The van der Waals surface area contributed by atoms with Crippen LogP contribution in [0.2, 0.25) is 0 Å². The molecule has 3 N–H and O–H groups in total. The summed E-state index contributed by atoms with van der Waals surface area (Å²) in [6.45, 7) is 5.69. The van der Waals surface area contributed by atoms with Gasteiger partial charge in [-0.2, -0.15) is 9.97 Å². The first-order valence-electron chi connectivity index (χ1n) is 16.1. The molecule has 9 rings (SSSR count). The van der Waals surface area contributed by atoms with Crippen molar-refractivity contribution >= 4 is 27.5 Å². The lowest BCUT2D eigenvalue weighted by Crippen LogP contribution is -2.57. The number of benzene rings is 3. The van der Waals surface area contributed by atoms with Crippen LogP contribution in [-0.2, 0) is 0 Å². The molecule has 3 aromatic carbocycles. The summed E-state index contributed by atoms with van der Waals surface area (Å²) in [6.07, 6.45) is 4.05. The minimum Gasteiger partial charge on any atom is -0.508 e. The molecule has 5 heterocycles. The van der Waals surface area contributed by atoms with Crippen LogP contribution in [0.1, 0.15) is 25.7 Å². The van der Waals surface area contributed by atoms with Crippen molar-refractivity contribution in [2.75, 3.05) is 50.8 Å². The third-order valence-electron chi connectivity index (χ3n) is 10.9. The zero-order valence-corrected chi connectivity index (χ0v) is 25.1. The number of hydrogen-bond donors (Lipinski definition) is 3. The molecular weight excluding hydrogens is 600 g/mol. The highest BCUT2D eigenvalue weighted by atomic mass is 19.2. The van der Waals surface area contributed by atoms with Gasteiger partial charge in [0.15, 0.2) is 17.5 Å². The van der Waals surface area contributed by atoms with E-state index in [1.54, 1.807) is 0 Å². The number of phenolic OH excluding ortho intramolecular Hbond substituents is 1. The average Bonchev–Trinajstić information content (AvgIpc) is 3.58. The maximum atomic E-state index is 16.7. The Hall–Kier alpha value is -3.74. The molecule has 4 aromatic rings. The average molecular weight is 635 g/mol. The molecule has 4 saturated heterocycles. The first-order valence-corrected chi connectivity index (χ1v) is 16.1. The number of ether oxygens (including phenoxy) is 1. The third kappa shape index (κ3) is 4.59. The Morgan fingerprint density at radius 1 is 0.935 bits per heavy atom. The molecule has 8 nitrogen and oxygen atoms in total. The first-order chi connectivity index (χ1) is 22.2. The zero-order chi connectivity index (χ0) is 31.3. The molecule has 0 radical (unpaired) electrons. The quantitative estimate of drug-likeness (QED) is 0.252. The molecule has 240 valence electrons. The summed E-state index contributed by atoms with van der Waals surface area (Å²) in [5.74, 6) is -3.72. The molecule has 0 amide bonds. The van der Waals surface area contributed by atoms with Gasteiger partial charge in [-0.05, 0) is 55.3 Å². The van der Waals surface area contributed by atoms with Crippen LogP contribution in [0.4, 0.5) is 23.4 Å². The van der Waals surface area contributed by atoms with Gasteiger partial charge in [-0.3, -0.25) is 4.90 Å². The van der Waals surface area contributed by atoms with Crippen LogP contribution in [-0.4, -0.2) is 84.0 Å². The Balaban J connectivity index is 1.13. The number of nitrogens with one attached hydrogen (secondary N) is 2. The van der Waals surface area contributed by atoms with Crippen LogP contribution < -0.4 is 20.3 Å². The van der Waals surface area contributed by atoms with Crippen LogP contribution in [0.15, 0.2) is 30.3 Å². The van der Waals surface area contributed by atoms with Crippen molar-refractivity contribution in [3.8, 4) is 22.9 Å². The van der Waals surface area contributed by atoms with E-state index >= 15 is 13.2 Å². The predicted octanol–water partition coefficient (Wildman–Crippen LogP) is 4.72. The van der Waals surface area contributed by atoms with Gasteiger partial charge in [0.05, 0.1) is 12.2 Å². The molecule has 5 aliphatic rings. The van der Waals surface area contributed by atoms with Crippen molar-refractivity contribution in [1.82, 2.24) is 25.5 Å². The van der Waals surface area contributed by atoms with E-state index in [0.29, 0.717) is 37.5 Å². The summed E-state index contributed by atoms with van der Waals surface area (Å²) in [5, 5.41) is 17.4. The van der Waals surface area contributed by atoms with Gasteiger partial charge in [0, 0.05) is 85.1 Å². The maximum Gasteiger partial charge on any atom is 0.319 e. The van der Waals surface area contributed by atoms with Crippen molar-refractivity contribution in [2.24, 2.45) is 11.3 Å². The van der Waals surface area contributed by atoms with Gasteiger partial charge < -0.3 is 25.4 Å². The van der Waals surface area contributed by atoms with Crippen LogP contribution in [0.5, 0.6) is 11.8 Å². The van der Waals surface area contributed by atoms with E-state index in [1.165, 1.54) is 12.1 Å². The fraction of sp³-hybridized carbons (Fsp3) is 0.471. The lowest BCUT2D eigenvalue weighted by molar-refractivity contribution is 0.0208. The molecule has 0 spiro atoms. The fourth-order valence-corrected chi connectivity index (χ4v) is 8.25. The van der Waals surface area contributed by atoms with Crippen molar-refractivity contribution in [3.05, 3.63) is 53.6 Å². The molecule has 1 aliphatic carbocycles. The number of nitrogens with zero attached hydrogens (tertiary/aromatic N) is 4. The molecule has 4 unspecified atom stereocenters. The van der Waals surface area contributed by atoms with Crippen LogP contribution in [0, 0.1) is 34.6 Å². The Labute approximate surface area is 262 Å². The lowest BCUT2D eigenvalue weighted by Gasteiger charge is -2.45. The third-order valence-corrected chi connectivity index (χ3v) is 10.9. The number of phenols is 1. The standard InChI is InChI=1S/C34H34F4N6O2/c35-24-4-1-17-7-21(45)8-22(27(17)29(24)37)28-25(36)9-23-31(30(28)38)41-33(42-32(23)43-13-19-2-3-20(14-43)40-19)46-16-34(5-6-34)15-44-12-18-10-39-11-26(18)44/h1,4,7-9,18-20,26,39-40,45H,2-3,5-6,10-16H2. The molecule has 4 aliphatic heterocycles. The Morgan fingerprint density at radius 2 is 1.74 bits per heavy atom. The molecular formula is C34H34F4N6O2. The topological polar surface area (TPSA) is 85.8 Å². The Bertz CT molecular complexity index is 1890. The van der Waals surface area contributed by atoms with Gasteiger partial charge in [-0.1, -0.05) is 6.07 Å². The van der Waals surface area contributed by atoms with E-state index in [-0.39, 0.29) is 56.5 Å². The first kappa shape index (κ1) is 28.5. The highest BCUT2D eigenvalue weighted by Gasteiger charge is 2.51. The number of piperazine rings is 1. The monoisotopic (exact) mass is 634 g/mol. The number of fused-ring (bicyclic) bond motifs is 5. The highest BCUT2D eigenvalue weighted by Crippen LogP contribution is 2.49. The fourth-order valence-electron chi connectivity index (χ4n) is 8.25. The Kier molecular flexibility index (Phi) is 6.43. The lowest BCUT2D eigenvalue weighted by atomic mass is 9.90. The summed E-state index contributed by atoms with van der Waals surface area (Å²) in [6, 6.07) is 6.63. The second-order valence-corrected chi connectivity index (χ2v) is 14.0. The second kappa shape index (κ2) is 10.4. The van der Waals surface area contributed by atoms with Crippen molar-refractivity contribution in [3.63, 3.8) is 0 Å². The smallest absolute Gasteiger partial charge is 0.319 e. The highest BCUT2D eigenvalue weighted by molar-refractivity contribution is 6.02. The van der Waals surface area contributed by atoms with Gasteiger partial charge in [0.25, 0.3) is 0 Å². The number of anilines is 1. The molecule has 2 bridgehead atoms. The summed E-state index contributed by atoms with van der Waals surface area (Å²) >= 11 is 0. The zero-order valence-electron chi connectivity index (χ0n) is 25.1. The van der Waals surface area contributed by atoms with Crippen molar-refractivity contribution in [1.29, 1.82) is 0 Å². The number of aromatic nitrogens is 2. The van der Waals surface area contributed by atoms with Gasteiger partial charge in [0.1, 0.15) is 22.9 Å². The van der Waals surface area contributed by atoms with Crippen LogP contribution in [0.3, 0.4) is 0 Å². The van der Waals surface area contributed by atoms with Gasteiger partial charge in [-0.15, -0.1) is 0 Å². The number of hydrogen-bond acceptors (Lipinski definition) is 8. The number of halogens is 4. The molecule has 1 saturated carbocycles. The second-order valence-electron chi connectivity index (χ2n) is 14.0. The van der Waals surface area contributed by atoms with E-state index in [1.807, 2.05) is 4.90 Å². The van der Waals surface area contributed by atoms with E-state index < -0.39 is 28.8 Å². The van der Waals surface area contributed by atoms with Gasteiger partial charge in [-0.25, -0.2) is 17.6 Å². The van der Waals surface area contributed by atoms with Crippen molar-refractivity contribution < 1.29 is 27.4 Å². The summed E-state index contributed by atoms with van der Waals surface area (Å²) in [4.78, 5) is 13.8. The van der Waals surface area contributed by atoms with E-state index in [0.717, 1.165) is 70.1 Å². The van der Waals surface area contributed by atoms with Gasteiger partial charge >= 0.3 is 6.01 Å². The summed E-state index contributed by atoms with van der Waals surface area (Å²) in [5.41, 5.74) is -1.11. The minimum atomic E-state index is -1.26. The molecule has 12 heteroatoms. The van der Waals surface area contributed by atoms with E-state index in [9.17, 15) is 9.50 Å². The van der Waals surface area contributed by atoms with E-state index in [2.05, 4.69) is 20.5 Å². The molecule has 4 atom stereocenters. The minimum absolute atomic E-state index is 0.00174. The SMILES string of the molecule is Oc1cc(-c2c(F)cc3c(N4CC5CCC(C4)N5)nc(OCC4(CN5CC6CNCC65)CC4)nc3c2F)c2c(F)c(F)ccc2c1. The van der Waals surface area contributed by atoms with Crippen LogP contribution >= 0.6 is 0 Å². The number of rotatable bonds is 7. The molecule has 1 aromatic heterocycles. The number of aromatic hydroxyl groups is 1. The van der Waals surface area contributed by atoms with E-state index in [4.69, 9.17) is 9.72 Å². The van der Waals surface area contributed by atoms with Crippen LogP contribution in [0.25, 0.3) is 32.8 Å². The largest absolute Gasteiger partial charge is 0.508 e. The predicted molar refractivity (Wildman–Crippen MR) is 165 cm³/mol. The number of likely N-dealkylation sites (tertiary alicyclic amines) is 1. The summed E-state index contributed by atoms with van der Waals surface area (Å²) < 4.78 is 68.5. The molecule has 46 heavy (non-hydrogen) atoms. The normalized spacial score (nSPS) is 26.5.